The lowest BCUT2D eigenvalue weighted by Gasteiger charge is -2.31. The van der Waals surface area contributed by atoms with Crippen molar-refractivity contribution in [3.05, 3.63) is 260 Å². The molecule has 0 heterocycles. The van der Waals surface area contributed by atoms with E-state index in [-0.39, 0.29) is 0 Å². The van der Waals surface area contributed by atoms with Crippen molar-refractivity contribution in [1.29, 1.82) is 5.26 Å². The summed E-state index contributed by atoms with van der Waals surface area (Å²) in [6.45, 7) is 22.1. The fraction of sp³-hybridized carbons (Fsp3) is 0.0833. The van der Waals surface area contributed by atoms with Crippen molar-refractivity contribution in [1.82, 2.24) is 0 Å². The van der Waals surface area contributed by atoms with E-state index in [4.69, 9.17) is 6.57 Å². The molecule has 4 nitrogen and oxygen atoms in total. The van der Waals surface area contributed by atoms with Crippen LogP contribution in [-0.2, 0) is 0 Å². The van der Waals surface area contributed by atoms with Gasteiger partial charge in [0.05, 0.1) is 45.7 Å². The number of nitriles is 1. The van der Waals surface area contributed by atoms with Gasteiger partial charge in [-0.15, -0.1) is 0 Å². The minimum Gasteiger partial charge on any atom is -0.310 e. The van der Waals surface area contributed by atoms with Gasteiger partial charge < -0.3 is 9.80 Å². The molecule has 0 atom stereocenters. The molecule has 0 spiro atoms. The molecule has 374 valence electrons. The zero-order valence-corrected chi connectivity index (χ0v) is 46.9. The van der Waals surface area contributed by atoms with E-state index < -0.39 is 16.1 Å². The molecule has 0 bridgehead atoms. The Kier molecular flexibility index (Phi) is 12.7. The van der Waals surface area contributed by atoms with E-state index in [2.05, 4.69) is 278 Å². The van der Waals surface area contributed by atoms with E-state index in [0.29, 0.717) is 11.3 Å². The van der Waals surface area contributed by atoms with Crippen LogP contribution in [0.2, 0.25) is 39.3 Å². The summed E-state index contributed by atoms with van der Waals surface area (Å²) in [6.07, 6.45) is 0. The van der Waals surface area contributed by atoms with Gasteiger partial charge in [-0.05, 0) is 151 Å². The monoisotopic (exact) mass is 1030 g/mol. The van der Waals surface area contributed by atoms with Gasteiger partial charge >= 0.3 is 0 Å². The lowest BCUT2D eigenvalue weighted by atomic mass is 9.91. The molecule has 0 aliphatic carbocycles. The SMILES string of the molecule is [C-]#[N+]c1ccc(-c2cc(-c3ccccc3)cc(N(c3ccc([Si](C)(C)C)cc3)c3ccc4ccc5c(N(c6ccc([Si](C)(C)C)cc6)c6cc(-c7ccccc7)cc(-c7ccc(C#N)cc7)c6)ccc6ccc3c4c65)c2)cc1. The summed E-state index contributed by atoms with van der Waals surface area (Å²) in [5.41, 5.74) is 16.4. The maximum Gasteiger partial charge on any atom is 0.187 e. The number of hydrogen-bond acceptors (Lipinski definition) is 3. The maximum atomic E-state index is 9.75. The van der Waals surface area contributed by atoms with E-state index in [1.165, 1.54) is 31.9 Å². The lowest BCUT2D eigenvalue weighted by molar-refractivity contribution is 1.30. The van der Waals surface area contributed by atoms with Gasteiger partial charge in [0.25, 0.3) is 0 Å². The first-order chi connectivity index (χ1) is 37.8. The summed E-state index contributed by atoms with van der Waals surface area (Å²) in [5, 5.41) is 19.7. The van der Waals surface area contributed by atoms with Crippen LogP contribution in [0.5, 0.6) is 0 Å². The number of benzene rings is 12. The van der Waals surface area contributed by atoms with Crippen LogP contribution in [0, 0.1) is 17.9 Å². The Labute approximate surface area is 460 Å². The normalized spacial score (nSPS) is 11.7. The molecule has 0 radical (unpaired) electrons. The highest BCUT2D eigenvalue weighted by Gasteiger charge is 2.25. The molecule has 0 N–H and O–H groups in total. The van der Waals surface area contributed by atoms with Crippen molar-refractivity contribution in [3.63, 3.8) is 0 Å². The molecule has 6 heteroatoms. The van der Waals surface area contributed by atoms with Gasteiger partial charge in [0.2, 0.25) is 0 Å². The van der Waals surface area contributed by atoms with Gasteiger partial charge in [0.15, 0.2) is 5.69 Å². The van der Waals surface area contributed by atoms with E-state index in [1.807, 2.05) is 24.3 Å². The second-order valence-corrected chi connectivity index (χ2v) is 32.6. The molecule has 0 saturated heterocycles. The third kappa shape index (κ3) is 9.43. The highest BCUT2D eigenvalue weighted by molar-refractivity contribution is 6.89. The first-order valence-electron chi connectivity index (χ1n) is 26.7. The minimum atomic E-state index is -1.63. The Bertz CT molecular complexity index is 3980. The lowest BCUT2D eigenvalue weighted by Crippen LogP contribution is -2.37. The maximum absolute atomic E-state index is 9.75. The highest BCUT2D eigenvalue weighted by Crippen LogP contribution is 2.49. The van der Waals surface area contributed by atoms with Crippen LogP contribution in [0.3, 0.4) is 0 Å². The Morgan fingerprint density at radius 2 is 0.718 bits per heavy atom. The molecule has 0 aromatic heterocycles. The fourth-order valence-corrected chi connectivity index (χ4v) is 13.4. The summed E-state index contributed by atoms with van der Waals surface area (Å²) in [6, 6.07) is 90.4. The van der Waals surface area contributed by atoms with Crippen molar-refractivity contribution in [2.45, 2.75) is 39.3 Å². The Hall–Kier alpha value is -9.31. The van der Waals surface area contributed by atoms with Gasteiger partial charge in [0, 0.05) is 33.5 Å². The summed E-state index contributed by atoms with van der Waals surface area (Å²) >= 11 is 0. The van der Waals surface area contributed by atoms with Crippen molar-refractivity contribution in [2.75, 3.05) is 9.80 Å². The zero-order chi connectivity index (χ0) is 53.7. The number of anilines is 6. The zero-order valence-electron chi connectivity index (χ0n) is 44.9. The minimum absolute atomic E-state index is 0.621. The molecular weight excluding hydrogens is 977 g/mol. The van der Waals surface area contributed by atoms with E-state index in [9.17, 15) is 5.26 Å². The van der Waals surface area contributed by atoms with E-state index >= 15 is 0 Å². The van der Waals surface area contributed by atoms with Crippen LogP contribution in [0.4, 0.5) is 39.8 Å². The molecule has 0 aliphatic heterocycles. The van der Waals surface area contributed by atoms with E-state index in [0.717, 1.165) is 89.4 Å². The van der Waals surface area contributed by atoms with Gasteiger partial charge in [-0.2, -0.15) is 5.26 Å². The molecule has 0 fully saturated rings. The quantitative estimate of drug-likeness (QED) is 0.0695. The second kappa shape index (κ2) is 20.0. The largest absolute Gasteiger partial charge is 0.310 e. The third-order valence-electron chi connectivity index (χ3n) is 15.3. The van der Waals surface area contributed by atoms with Crippen molar-refractivity contribution >= 4 is 98.7 Å². The average Bonchev–Trinajstić information content (AvgIpc) is 3.59. The number of hydrogen-bond donors (Lipinski definition) is 0. The standard InChI is InChI=1S/C72H58N4Si2/c1-74-60-28-22-53(23-29-60)59-43-57(51-16-12-9-13-17-51)45-64(47-59)76(62-32-36-66(37-33-62)78(5,6)7)70-41-27-55-24-38-67-69(40-26-54-25-39-68(70)72(55)71(54)67)75(61-30-34-65(35-31-61)77(2,3)4)63-44-56(50-14-10-8-11-15-50)42-58(46-63)52-20-18-49(48-73)19-21-52/h8-47H,2-7H3. The van der Waals surface area contributed by atoms with Gasteiger partial charge in [-0.25, -0.2) is 4.85 Å². The molecular formula is C72H58N4Si2. The number of rotatable bonds is 12. The molecule has 0 saturated carbocycles. The number of nitrogens with zero attached hydrogens (tertiary/aromatic N) is 4. The van der Waals surface area contributed by atoms with Crippen molar-refractivity contribution in [2.24, 2.45) is 0 Å². The molecule has 0 unspecified atom stereocenters. The van der Waals surface area contributed by atoms with Crippen LogP contribution < -0.4 is 20.2 Å². The smallest absolute Gasteiger partial charge is 0.187 e. The molecule has 12 aromatic carbocycles. The van der Waals surface area contributed by atoms with E-state index in [1.54, 1.807) is 0 Å². The average molecular weight is 1040 g/mol. The summed E-state index contributed by atoms with van der Waals surface area (Å²) in [4.78, 5) is 8.62. The molecule has 0 aliphatic rings. The Morgan fingerprint density at radius 1 is 0.359 bits per heavy atom. The van der Waals surface area contributed by atoms with Crippen molar-refractivity contribution < 1.29 is 0 Å². The molecule has 12 aromatic rings. The fourth-order valence-electron chi connectivity index (χ4n) is 11.1. The third-order valence-corrected chi connectivity index (χ3v) is 19.5. The van der Waals surface area contributed by atoms with Crippen LogP contribution in [0.1, 0.15) is 5.56 Å². The summed E-state index contributed by atoms with van der Waals surface area (Å²) in [7, 11) is -3.25. The molecule has 78 heavy (non-hydrogen) atoms. The Morgan fingerprint density at radius 3 is 1.08 bits per heavy atom. The Balaban J connectivity index is 1.11. The van der Waals surface area contributed by atoms with Crippen LogP contribution in [0.25, 0.3) is 81.7 Å². The van der Waals surface area contributed by atoms with Crippen LogP contribution in [0.15, 0.2) is 243 Å². The van der Waals surface area contributed by atoms with Gasteiger partial charge in [-0.3, -0.25) is 0 Å². The predicted octanol–water partition coefficient (Wildman–Crippen LogP) is 19.7. The van der Waals surface area contributed by atoms with Crippen LogP contribution in [-0.4, -0.2) is 16.1 Å². The van der Waals surface area contributed by atoms with Crippen molar-refractivity contribution in [3.8, 4) is 50.6 Å². The van der Waals surface area contributed by atoms with Crippen LogP contribution >= 0.6 is 0 Å². The first kappa shape index (κ1) is 49.6. The first-order valence-corrected chi connectivity index (χ1v) is 33.7. The second-order valence-electron chi connectivity index (χ2n) is 22.5. The predicted molar refractivity (Wildman–Crippen MR) is 338 cm³/mol. The summed E-state index contributed by atoms with van der Waals surface area (Å²) < 4.78 is 0. The highest BCUT2D eigenvalue weighted by atomic mass is 28.3. The molecule has 12 rings (SSSR count). The van der Waals surface area contributed by atoms with Gasteiger partial charge in [0.1, 0.15) is 0 Å². The molecule has 0 amide bonds. The topological polar surface area (TPSA) is 34.6 Å². The summed E-state index contributed by atoms with van der Waals surface area (Å²) in [5.74, 6) is 0. The van der Waals surface area contributed by atoms with Gasteiger partial charge in [-0.1, -0.05) is 207 Å².